The fourth-order valence-electron chi connectivity index (χ4n) is 2.09. The number of rotatable bonds is 4. The van der Waals surface area contributed by atoms with E-state index in [1.54, 1.807) is 23.7 Å². The number of aromatic nitrogens is 2. The summed E-state index contributed by atoms with van der Waals surface area (Å²) in [5, 5.41) is 22.1. The van der Waals surface area contributed by atoms with Gasteiger partial charge in [-0.2, -0.15) is 0 Å². The Morgan fingerprint density at radius 3 is 2.90 bits per heavy atom. The lowest BCUT2D eigenvalue weighted by Crippen LogP contribution is -2.00. The Kier molecular flexibility index (Phi) is 3.15. The van der Waals surface area contributed by atoms with Crippen LogP contribution in [0.4, 0.5) is 5.69 Å². The van der Waals surface area contributed by atoms with Crippen molar-refractivity contribution in [2.24, 2.45) is 0 Å². The SMILES string of the molecule is O=C(O)c1nc(Cn2ccc3cc([N+](=O)[O-])ccc32)cs1. The van der Waals surface area contributed by atoms with Crippen LogP contribution in [0.25, 0.3) is 10.9 Å². The molecule has 0 aliphatic rings. The molecule has 0 aliphatic carbocycles. The first-order valence-electron chi connectivity index (χ1n) is 5.95. The summed E-state index contributed by atoms with van der Waals surface area (Å²) in [4.78, 5) is 25.1. The van der Waals surface area contributed by atoms with Gasteiger partial charge in [0.05, 0.1) is 17.2 Å². The van der Waals surface area contributed by atoms with E-state index in [4.69, 9.17) is 5.11 Å². The molecule has 8 heteroatoms. The summed E-state index contributed by atoms with van der Waals surface area (Å²) in [6.07, 6.45) is 1.80. The van der Waals surface area contributed by atoms with Crippen molar-refractivity contribution in [3.8, 4) is 0 Å². The predicted octanol–water partition coefficient (Wildman–Crippen LogP) is 2.75. The summed E-state index contributed by atoms with van der Waals surface area (Å²) in [7, 11) is 0. The highest BCUT2D eigenvalue weighted by molar-refractivity contribution is 7.11. The molecule has 21 heavy (non-hydrogen) atoms. The van der Waals surface area contributed by atoms with Gasteiger partial charge in [-0.3, -0.25) is 10.1 Å². The summed E-state index contributed by atoms with van der Waals surface area (Å²) >= 11 is 1.08. The van der Waals surface area contributed by atoms with Gasteiger partial charge in [-0.15, -0.1) is 11.3 Å². The van der Waals surface area contributed by atoms with Crippen molar-refractivity contribution in [3.05, 3.63) is 56.7 Å². The van der Waals surface area contributed by atoms with Crippen LogP contribution >= 0.6 is 11.3 Å². The molecule has 0 saturated carbocycles. The fourth-order valence-corrected chi connectivity index (χ4v) is 2.74. The van der Waals surface area contributed by atoms with Crippen LogP contribution in [0.5, 0.6) is 0 Å². The summed E-state index contributed by atoms with van der Waals surface area (Å²) in [5.41, 5.74) is 1.53. The molecule has 1 N–H and O–H groups in total. The molecule has 0 radical (unpaired) electrons. The minimum atomic E-state index is -1.04. The van der Waals surface area contributed by atoms with Gasteiger partial charge < -0.3 is 9.67 Å². The number of thiazole rings is 1. The average Bonchev–Trinajstić information content (AvgIpc) is 3.06. The van der Waals surface area contributed by atoms with E-state index in [9.17, 15) is 14.9 Å². The fraction of sp³-hybridized carbons (Fsp3) is 0.0769. The summed E-state index contributed by atoms with van der Waals surface area (Å²) in [5.74, 6) is -1.04. The van der Waals surface area contributed by atoms with Gasteiger partial charge in [-0.25, -0.2) is 9.78 Å². The van der Waals surface area contributed by atoms with E-state index >= 15 is 0 Å². The molecule has 0 atom stereocenters. The molecule has 3 aromatic rings. The van der Waals surface area contributed by atoms with Gasteiger partial charge in [-0.1, -0.05) is 0 Å². The Balaban J connectivity index is 1.93. The van der Waals surface area contributed by atoms with Crippen LogP contribution in [-0.4, -0.2) is 25.6 Å². The number of non-ortho nitro benzene ring substituents is 1. The van der Waals surface area contributed by atoms with Gasteiger partial charge in [-0.05, 0) is 12.1 Å². The minimum absolute atomic E-state index is 0.0436. The number of carboxylic acid groups (broad SMARTS) is 1. The number of aromatic carboxylic acids is 1. The van der Waals surface area contributed by atoms with Gasteiger partial charge in [0.15, 0.2) is 0 Å². The van der Waals surface area contributed by atoms with E-state index in [2.05, 4.69) is 4.98 Å². The monoisotopic (exact) mass is 303 g/mol. The molecule has 0 amide bonds. The molecule has 0 unspecified atom stereocenters. The predicted molar refractivity (Wildman–Crippen MR) is 76.8 cm³/mol. The van der Waals surface area contributed by atoms with Crippen molar-refractivity contribution < 1.29 is 14.8 Å². The molecule has 106 valence electrons. The number of hydrogen-bond donors (Lipinski definition) is 1. The van der Waals surface area contributed by atoms with Crippen molar-refractivity contribution in [2.45, 2.75) is 6.54 Å². The van der Waals surface area contributed by atoms with Crippen molar-refractivity contribution in [3.63, 3.8) is 0 Å². The molecule has 1 aromatic carbocycles. The number of benzene rings is 1. The van der Waals surface area contributed by atoms with Crippen molar-refractivity contribution in [1.29, 1.82) is 0 Å². The first kappa shape index (κ1) is 13.3. The van der Waals surface area contributed by atoms with E-state index in [-0.39, 0.29) is 10.7 Å². The topological polar surface area (TPSA) is 98.3 Å². The van der Waals surface area contributed by atoms with Gasteiger partial charge in [0.1, 0.15) is 0 Å². The molecular weight excluding hydrogens is 294 g/mol. The molecule has 0 spiro atoms. The number of carbonyl (C=O) groups is 1. The Morgan fingerprint density at radius 1 is 1.43 bits per heavy atom. The molecule has 7 nitrogen and oxygen atoms in total. The van der Waals surface area contributed by atoms with Crippen LogP contribution < -0.4 is 0 Å². The molecule has 3 rings (SSSR count). The third-order valence-electron chi connectivity index (χ3n) is 3.03. The zero-order valence-electron chi connectivity index (χ0n) is 10.6. The number of nitro groups is 1. The summed E-state index contributed by atoms with van der Waals surface area (Å²) < 4.78 is 1.87. The lowest BCUT2D eigenvalue weighted by molar-refractivity contribution is -0.384. The Morgan fingerprint density at radius 2 is 2.24 bits per heavy atom. The first-order chi connectivity index (χ1) is 10.0. The number of carboxylic acids is 1. The van der Waals surface area contributed by atoms with Gasteiger partial charge >= 0.3 is 5.97 Å². The smallest absolute Gasteiger partial charge is 0.365 e. The largest absolute Gasteiger partial charge is 0.476 e. The zero-order chi connectivity index (χ0) is 15.0. The maximum atomic E-state index is 10.8. The van der Waals surface area contributed by atoms with Gasteiger partial charge in [0.2, 0.25) is 5.01 Å². The maximum absolute atomic E-state index is 10.8. The highest BCUT2D eigenvalue weighted by Gasteiger charge is 2.12. The standard InChI is InChI=1S/C13H9N3O4S/c17-13(18)12-14-9(7-21-12)6-15-4-3-8-5-10(16(19)20)1-2-11(8)15/h1-5,7H,6H2,(H,17,18). The Hall–Kier alpha value is -2.74. The third-order valence-corrected chi connectivity index (χ3v) is 3.91. The number of nitrogens with zero attached hydrogens (tertiary/aromatic N) is 3. The lowest BCUT2D eigenvalue weighted by atomic mass is 10.2. The van der Waals surface area contributed by atoms with Crippen LogP contribution in [-0.2, 0) is 6.54 Å². The second kappa shape index (κ2) is 4.98. The number of nitro benzene ring substituents is 1. The molecular formula is C13H9N3O4S. The highest BCUT2D eigenvalue weighted by Crippen LogP contribution is 2.23. The second-order valence-electron chi connectivity index (χ2n) is 4.39. The van der Waals surface area contributed by atoms with Gasteiger partial charge in [0.25, 0.3) is 5.69 Å². The second-order valence-corrected chi connectivity index (χ2v) is 5.25. The molecule has 2 aromatic heterocycles. The van der Waals surface area contributed by atoms with E-state index in [1.165, 1.54) is 12.1 Å². The van der Waals surface area contributed by atoms with Crippen LogP contribution in [0.2, 0.25) is 0 Å². The zero-order valence-corrected chi connectivity index (χ0v) is 11.4. The minimum Gasteiger partial charge on any atom is -0.476 e. The van der Waals surface area contributed by atoms with Crippen LogP contribution in [0.15, 0.2) is 35.8 Å². The third kappa shape index (κ3) is 2.48. The Labute approximate surface area is 122 Å². The molecule has 2 heterocycles. The molecule has 0 saturated heterocycles. The number of fused-ring (bicyclic) bond motifs is 1. The van der Waals surface area contributed by atoms with Crippen LogP contribution in [0.3, 0.4) is 0 Å². The summed E-state index contributed by atoms with van der Waals surface area (Å²) in [6.45, 7) is 0.422. The quantitative estimate of drug-likeness (QED) is 0.590. The van der Waals surface area contributed by atoms with Crippen molar-refractivity contribution >= 4 is 33.9 Å². The molecule has 0 aliphatic heterocycles. The Bertz CT molecular complexity index is 852. The van der Waals surface area contributed by atoms with E-state index in [0.29, 0.717) is 12.2 Å². The van der Waals surface area contributed by atoms with Crippen molar-refractivity contribution in [1.82, 2.24) is 9.55 Å². The summed E-state index contributed by atoms with van der Waals surface area (Å²) in [6, 6.07) is 6.42. The average molecular weight is 303 g/mol. The van der Waals surface area contributed by atoms with E-state index in [0.717, 1.165) is 22.2 Å². The first-order valence-corrected chi connectivity index (χ1v) is 6.83. The maximum Gasteiger partial charge on any atom is 0.365 e. The van der Waals surface area contributed by atoms with Crippen molar-refractivity contribution in [2.75, 3.05) is 0 Å². The highest BCUT2D eigenvalue weighted by atomic mass is 32.1. The van der Waals surface area contributed by atoms with E-state index in [1.807, 2.05) is 4.57 Å². The normalized spacial score (nSPS) is 10.9. The number of hydrogen-bond acceptors (Lipinski definition) is 5. The van der Waals surface area contributed by atoms with E-state index < -0.39 is 10.9 Å². The van der Waals surface area contributed by atoms with Crippen LogP contribution in [0, 0.1) is 10.1 Å². The van der Waals surface area contributed by atoms with Crippen LogP contribution in [0.1, 0.15) is 15.5 Å². The molecule has 0 bridgehead atoms. The van der Waals surface area contributed by atoms with Gasteiger partial charge in [0, 0.05) is 34.6 Å². The lowest BCUT2D eigenvalue weighted by Gasteiger charge is -2.02. The molecule has 0 fully saturated rings.